The smallest absolute Gasteiger partial charge is 0.338 e. The van der Waals surface area contributed by atoms with Crippen molar-refractivity contribution in [1.82, 2.24) is 0 Å². The first-order valence-electron chi connectivity index (χ1n) is 9.67. The van der Waals surface area contributed by atoms with E-state index < -0.39 is 5.97 Å². The summed E-state index contributed by atoms with van der Waals surface area (Å²) in [6.45, 7) is 4.75. The number of esters is 1. The number of rotatable bonds is 7. The molecule has 3 rings (SSSR count). The topological polar surface area (TPSA) is 77.1 Å². The van der Waals surface area contributed by atoms with Gasteiger partial charge in [0.2, 0.25) is 5.91 Å². The van der Waals surface area contributed by atoms with E-state index in [1.807, 2.05) is 30.3 Å². The van der Waals surface area contributed by atoms with E-state index in [9.17, 15) is 9.59 Å². The number of hydrogen-bond donors (Lipinski definition) is 1. The van der Waals surface area contributed by atoms with Crippen LogP contribution in [0.4, 0.5) is 11.4 Å². The summed E-state index contributed by atoms with van der Waals surface area (Å²) in [7, 11) is 1.60. The van der Waals surface area contributed by atoms with Gasteiger partial charge in [0.1, 0.15) is 5.75 Å². The number of nitrogens with one attached hydrogen (secondary N) is 1. The third kappa shape index (κ3) is 5.48. The van der Waals surface area contributed by atoms with E-state index in [4.69, 9.17) is 14.2 Å². The van der Waals surface area contributed by atoms with E-state index in [2.05, 4.69) is 10.2 Å². The molecule has 0 aliphatic carbocycles. The SMILES string of the molecule is CCOC(=O)c1ccc(N2CCOCC2)c(NC(=O)Cc2ccc(OC)cc2)c1. The largest absolute Gasteiger partial charge is 0.497 e. The van der Waals surface area contributed by atoms with Crippen molar-refractivity contribution < 1.29 is 23.8 Å². The van der Waals surface area contributed by atoms with Gasteiger partial charge in [-0.3, -0.25) is 4.79 Å². The number of amides is 1. The molecular formula is C22H26N2O5. The lowest BCUT2D eigenvalue weighted by Gasteiger charge is -2.30. The lowest BCUT2D eigenvalue weighted by atomic mass is 10.1. The molecule has 1 N–H and O–H groups in total. The van der Waals surface area contributed by atoms with Crippen molar-refractivity contribution in [3.05, 3.63) is 53.6 Å². The molecule has 7 heteroatoms. The van der Waals surface area contributed by atoms with Gasteiger partial charge in [0, 0.05) is 13.1 Å². The third-order valence-corrected chi connectivity index (χ3v) is 4.66. The summed E-state index contributed by atoms with van der Waals surface area (Å²) in [5.74, 6) is 0.170. The Kier molecular flexibility index (Phi) is 7.08. The Balaban J connectivity index is 1.80. The third-order valence-electron chi connectivity index (χ3n) is 4.66. The first kappa shape index (κ1) is 20.7. The normalized spacial score (nSPS) is 13.7. The zero-order valence-corrected chi connectivity index (χ0v) is 16.8. The molecule has 0 atom stereocenters. The minimum Gasteiger partial charge on any atom is -0.497 e. The van der Waals surface area contributed by atoms with Crippen molar-refractivity contribution in [2.45, 2.75) is 13.3 Å². The van der Waals surface area contributed by atoms with E-state index in [1.165, 1.54) is 0 Å². The highest BCUT2D eigenvalue weighted by Crippen LogP contribution is 2.29. The number of carbonyl (C=O) groups is 2. The number of nitrogens with zero attached hydrogens (tertiary/aromatic N) is 1. The van der Waals surface area contributed by atoms with Crippen LogP contribution in [0.2, 0.25) is 0 Å². The maximum Gasteiger partial charge on any atom is 0.338 e. The Morgan fingerprint density at radius 1 is 1.10 bits per heavy atom. The number of morpholine rings is 1. The van der Waals surface area contributed by atoms with E-state index in [-0.39, 0.29) is 12.3 Å². The maximum atomic E-state index is 12.7. The maximum absolute atomic E-state index is 12.7. The van der Waals surface area contributed by atoms with Crippen molar-refractivity contribution in [2.75, 3.05) is 50.2 Å². The molecule has 7 nitrogen and oxygen atoms in total. The Labute approximate surface area is 170 Å². The van der Waals surface area contributed by atoms with Crippen LogP contribution < -0.4 is 15.0 Å². The minimum absolute atomic E-state index is 0.161. The van der Waals surface area contributed by atoms with E-state index >= 15 is 0 Å². The molecule has 154 valence electrons. The molecule has 0 aromatic heterocycles. The molecule has 1 fully saturated rings. The van der Waals surface area contributed by atoms with Gasteiger partial charge < -0.3 is 24.4 Å². The van der Waals surface area contributed by atoms with Crippen LogP contribution in [0, 0.1) is 0 Å². The fourth-order valence-corrected chi connectivity index (χ4v) is 3.18. The molecule has 1 aliphatic rings. The van der Waals surface area contributed by atoms with Crippen molar-refractivity contribution in [1.29, 1.82) is 0 Å². The average Bonchev–Trinajstić information content (AvgIpc) is 2.75. The van der Waals surface area contributed by atoms with Gasteiger partial charge in [0.15, 0.2) is 0 Å². The molecule has 0 spiro atoms. The molecule has 1 heterocycles. The van der Waals surface area contributed by atoms with Crippen LogP contribution in [0.1, 0.15) is 22.8 Å². The van der Waals surface area contributed by atoms with Crippen molar-refractivity contribution in [2.24, 2.45) is 0 Å². The number of anilines is 2. The second-order valence-corrected chi connectivity index (χ2v) is 6.62. The molecule has 2 aromatic carbocycles. The number of ether oxygens (including phenoxy) is 3. The second kappa shape index (κ2) is 9.93. The summed E-state index contributed by atoms with van der Waals surface area (Å²) < 4.78 is 15.7. The Morgan fingerprint density at radius 2 is 1.83 bits per heavy atom. The summed E-state index contributed by atoms with van der Waals surface area (Å²) >= 11 is 0. The van der Waals surface area contributed by atoms with Crippen molar-refractivity contribution in [3.8, 4) is 5.75 Å². The number of benzene rings is 2. The number of carbonyl (C=O) groups excluding carboxylic acids is 2. The molecule has 0 saturated carbocycles. The van der Waals surface area contributed by atoms with Gasteiger partial charge in [-0.2, -0.15) is 0 Å². The van der Waals surface area contributed by atoms with Crippen LogP contribution in [0.5, 0.6) is 5.75 Å². The Bertz CT molecular complexity index is 845. The highest BCUT2D eigenvalue weighted by atomic mass is 16.5. The van der Waals surface area contributed by atoms with Crippen LogP contribution in [0.3, 0.4) is 0 Å². The van der Waals surface area contributed by atoms with Crippen molar-refractivity contribution in [3.63, 3.8) is 0 Å². The lowest BCUT2D eigenvalue weighted by molar-refractivity contribution is -0.115. The number of hydrogen-bond acceptors (Lipinski definition) is 6. The van der Waals surface area contributed by atoms with Crippen LogP contribution in [0.25, 0.3) is 0 Å². The summed E-state index contributed by atoms with van der Waals surface area (Å²) in [5.41, 5.74) is 2.74. The van der Waals surface area contributed by atoms with E-state index in [1.54, 1.807) is 26.2 Å². The highest BCUT2D eigenvalue weighted by Gasteiger charge is 2.19. The number of methoxy groups -OCH3 is 1. The molecular weight excluding hydrogens is 372 g/mol. The van der Waals surface area contributed by atoms with Gasteiger partial charge in [-0.1, -0.05) is 12.1 Å². The predicted molar refractivity (Wildman–Crippen MR) is 111 cm³/mol. The van der Waals surface area contributed by atoms with Crippen LogP contribution in [-0.2, 0) is 20.7 Å². The van der Waals surface area contributed by atoms with Gasteiger partial charge in [0.25, 0.3) is 0 Å². The molecule has 0 unspecified atom stereocenters. The van der Waals surface area contributed by atoms with Gasteiger partial charge in [0.05, 0.1) is 50.3 Å². The molecule has 29 heavy (non-hydrogen) atoms. The molecule has 0 radical (unpaired) electrons. The first-order valence-corrected chi connectivity index (χ1v) is 9.67. The van der Waals surface area contributed by atoms with Crippen molar-refractivity contribution >= 4 is 23.3 Å². The molecule has 0 bridgehead atoms. The van der Waals surface area contributed by atoms with Gasteiger partial charge >= 0.3 is 5.97 Å². The zero-order valence-electron chi connectivity index (χ0n) is 16.8. The predicted octanol–water partition coefficient (Wildman–Crippen LogP) is 2.89. The minimum atomic E-state index is -0.410. The van der Waals surface area contributed by atoms with Gasteiger partial charge in [-0.15, -0.1) is 0 Å². The van der Waals surface area contributed by atoms with Gasteiger partial charge in [-0.25, -0.2) is 4.79 Å². The van der Waals surface area contributed by atoms with Gasteiger partial charge in [-0.05, 0) is 42.8 Å². The molecule has 2 aromatic rings. The zero-order chi connectivity index (χ0) is 20.6. The lowest BCUT2D eigenvalue weighted by Crippen LogP contribution is -2.37. The highest BCUT2D eigenvalue weighted by molar-refractivity contribution is 5.98. The average molecular weight is 398 g/mol. The summed E-state index contributed by atoms with van der Waals surface area (Å²) in [6, 6.07) is 12.6. The Morgan fingerprint density at radius 3 is 2.48 bits per heavy atom. The molecule has 1 saturated heterocycles. The van der Waals surface area contributed by atoms with E-state index in [0.29, 0.717) is 31.1 Å². The summed E-state index contributed by atoms with van der Waals surface area (Å²) in [5, 5.41) is 2.96. The first-order chi connectivity index (χ1) is 14.1. The fraction of sp³-hybridized carbons (Fsp3) is 0.364. The van der Waals surface area contributed by atoms with Crippen LogP contribution >= 0.6 is 0 Å². The monoisotopic (exact) mass is 398 g/mol. The fourth-order valence-electron chi connectivity index (χ4n) is 3.18. The standard InChI is InChI=1S/C22H26N2O5/c1-3-29-22(26)17-6-9-20(24-10-12-28-13-11-24)19(15-17)23-21(25)14-16-4-7-18(27-2)8-5-16/h4-9,15H,3,10-14H2,1-2H3,(H,23,25). The van der Waals surface area contributed by atoms with Crippen LogP contribution in [0.15, 0.2) is 42.5 Å². The summed E-state index contributed by atoms with van der Waals surface area (Å²) in [4.78, 5) is 27.0. The molecule has 1 aliphatic heterocycles. The quantitative estimate of drug-likeness (QED) is 0.723. The summed E-state index contributed by atoms with van der Waals surface area (Å²) in [6.07, 6.45) is 0.218. The van der Waals surface area contributed by atoms with Crippen LogP contribution in [-0.4, -0.2) is 51.9 Å². The second-order valence-electron chi connectivity index (χ2n) is 6.62. The Hall–Kier alpha value is -3.06. The van der Waals surface area contributed by atoms with E-state index in [0.717, 1.165) is 30.1 Å². The molecule has 1 amide bonds.